The van der Waals surface area contributed by atoms with Crippen LogP contribution in [0.4, 0.5) is 0 Å². The van der Waals surface area contributed by atoms with Gasteiger partial charge in [0.15, 0.2) is 0 Å². The molecule has 1 fully saturated rings. The van der Waals surface area contributed by atoms with E-state index < -0.39 is 5.97 Å². The highest BCUT2D eigenvalue weighted by Gasteiger charge is 2.30. The van der Waals surface area contributed by atoms with E-state index in [2.05, 4.69) is 32.6 Å². The Morgan fingerprint density at radius 1 is 1.25 bits per heavy atom. The second-order valence-corrected chi connectivity index (χ2v) is 7.55. The van der Waals surface area contributed by atoms with Gasteiger partial charge in [-0.1, -0.05) is 41.0 Å². The summed E-state index contributed by atoms with van der Waals surface area (Å²) in [6.45, 7) is 12.7. The fourth-order valence-electron chi connectivity index (χ4n) is 3.48. The monoisotopic (exact) mass is 283 g/mol. The molecule has 3 unspecified atom stereocenters. The molecule has 3 nitrogen and oxygen atoms in total. The Bertz CT molecular complexity index is 309. The maximum Gasteiger partial charge on any atom is 0.307 e. The topological polar surface area (TPSA) is 40.5 Å². The Morgan fingerprint density at radius 2 is 1.90 bits per heavy atom. The van der Waals surface area contributed by atoms with Crippen LogP contribution in [0.5, 0.6) is 0 Å². The number of nitrogens with zero attached hydrogens (tertiary/aromatic N) is 1. The standard InChI is InChI=1S/C17H33NO2/c1-6-18(12-13(2)16(19)20)15-9-7-8-14(10-11-15)17(3,4)5/h13-15H,6-12H2,1-5H3,(H,19,20). The zero-order valence-corrected chi connectivity index (χ0v) is 14.0. The van der Waals surface area contributed by atoms with Crippen molar-refractivity contribution in [3.05, 3.63) is 0 Å². The Kier molecular flexibility index (Phi) is 6.50. The van der Waals surface area contributed by atoms with Gasteiger partial charge in [0.1, 0.15) is 0 Å². The molecule has 0 radical (unpaired) electrons. The average molecular weight is 283 g/mol. The van der Waals surface area contributed by atoms with E-state index in [0.717, 1.165) is 12.5 Å². The average Bonchev–Trinajstić information content (AvgIpc) is 2.60. The molecule has 0 spiro atoms. The zero-order chi connectivity index (χ0) is 15.3. The first-order chi connectivity index (χ1) is 9.25. The highest BCUT2D eigenvalue weighted by atomic mass is 16.4. The Morgan fingerprint density at radius 3 is 2.40 bits per heavy atom. The van der Waals surface area contributed by atoms with Crippen molar-refractivity contribution in [3.63, 3.8) is 0 Å². The molecule has 0 aromatic rings. The Hall–Kier alpha value is -0.570. The van der Waals surface area contributed by atoms with E-state index in [9.17, 15) is 4.79 Å². The SMILES string of the molecule is CCN(CC(C)C(=O)O)C1CCCC(C(C)(C)C)CC1. The fourth-order valence-corrected chi connectivity index (χ4v) is 3.48. The summed E-state index contributed by atoms with van der Waals surface area (Å²) in [5.41, 5.74) is 0.403. The van der Waals surface area contributed by atoms with E-state index in [1.165, 1.54) is 32.1 Å². The van der Waals surface area contributed by atoms with Gasteiger partial charge in [-0.05, 0) is 43.6 Å². The van der Waals surface area contributed by atoms with Crippen LogP contribution in [0.2, 0.25) is 0 Å². The van der Waals surface area contributed by atoms with Gasteiger partial charge in [0, 0.05) is 12.6 Å². The first-order valence-corrected chi connectivity index (χ1v) is 8.22. The molecule has 1 N–H and O–H groups in total. The smallest absolute Gasteiger partial charge is 0.307 e. The Labute approximate surface area is 124 Å². The lowest BCUT2D eigenvalue weighted by molar-refractivity contribution is -0.141. The third kappa shape index (κ3) is 5.08. The van der Waals surface area contributed by atoms with Crippen molar-refractivity contribution < 1.29 is 9.90 Å². The van der Waals surface area contributed by atoms with Gasteiger partial charge in [0.25, 0.3) is 0 Å². The van der Waals surface area contributed by atoms with Crippen LogP contribution in [0.15, 0.2) is 0 Å². The lowest BCUT2D eigenvalue weighted by atomic mass is 9.76. The molecule has 3 atom stereocenters. The minimum absolute atomic E-state index is 0.267. The molecule has 118 valence electrons. The molecule has 0 aliphatic heterocycles. The third-order valence-corrected chi connectivity index (χ3v) is 5.02. The van der Waals surface area contributed by atoms with Crippen molar-refractivity contribution in [2.24, 2.45) is 17.3 Å². The minimum Gasteiger partial charge on any atom is -0.481 e. The predicted molar refractivity (Wildman–Crippen MR) is 83.9 cm³/mol. The normalized spacial score (nSPS) is 26.3. The predicted octanol–water partition coefficient (Wildman–Crippen LogP) is 4.02. The minimum atomic E-state index is -0.676. The van der Waals surface area contributed by atoms with E-state index in [-0.39, 0.29) is 5.92 Å². The zero-order valence-electron chi connectivity index (χ0n) is 14.0. The number of carboxylic acid groups (broad SMARTS) is 1. The lowest BCUT2D eigenvalue weighted by Crippen LogP contribution is -2.39. The number of rotatable bonds is 5. The summed E-state index contributed by atoms with van der Waals surface area (Å²) in [4.78, 5) is 13.5. The Balaban J connectivity index is 2.59. The molecular formula is C17H33NO2. The van der Waals surface area contributed by atoms with E-state index in [0.29, 0.717) is 18.0 Å². The van der Waals surface area contributed by atoms with Gasteiger partial charge in [-0.2, -0.15) is 0 Å². The van der Waals surface area contributed by atoms with Crippen molar-refractivity contribution in [1.29, 1.82) is 0 Å². The summed E-state index contributed by atoms with van der Waals surface area (Å²) >= 11 is 0. The first-order valence-electron chi connectivity index (χ1n) is 8.22. The molecule has 1 saturated carbocycles. The summed E-state index contributed by atoms with van der Waals surface area (Å²) in [5, 5.41) is 9.10. The molecule has 1 rings (SSSR count). The molecule has 0 heterocycles. The lowest BCUT2D eigenvalue weighted by Gasteiger charge is -2.32. The maximum atomic E-state index is 11.1. The number of aliphatic carboxylic acids is 1. The quantitative estimate of drug-likeness (QED) is 0.775. The van der Waals surface area contributed by atoms with E-state index in [1.807, 2.05) is 6.92 Å². The molecule has 0 saturated heterocycles. The van der Waals surface area contributed by atoms with E-state index in [1.54, 1.807) is 0 Å². The number of hydrogen-bond donors (Lipinski definition) is 1. The molecule has 0 aromatic carbocycles. The van der Waals surface area contributed by atoms with Gasteiger partial charge in [-0.15, -0.1) is 0 Å². The summed E-state index contributed by atoms with van der Waals surface area (Å²) in [6, 6.07) is 0.578. The maximum absolute atomic E-state index is 11.1. The van der Waals surface area contributed by atoms with Crippen molar-refractivity contribution in [2.75, 3.05) is 13.1 Å². The molecule has 1 aliphatic carbocycles. The van der Waals surface area contributed by atoms with Gasteiger partial charge < -0.3 is 5.11 Å². The molecular weight excluding hydrogens is 250 g/mol. The summed E-state index contributed by atoms with van der Waals surface area (Å²) in [5.74, 6) is -0.135. The van der Waals surface area contributed by atoms with Gasteiger partial charge >= 0.3 is 5.97 Å². The third-order valence-electron chi connectivity index (χ3n) is 5.02. The number of hydrogen-bond acceptors (Lipinski definition) is 2. The summed E-state index contributed by atoms with van der Waals surface area (Å²) in [7, 11) is 0. The van der Waals surface area contributed by atoms with E-state index >= 15 is 0 Å². The highest BCUT2D eigenvalue weighted by Crippen LogP contribution is 2.37. The van der Waals surface area contributed by atoms with Crippen molar-refractivity contribution in [3.8, 4) is 0 Å². The van der Waals surface area contributed by atoms with Gasteiger partial charge in [0.05, 0.1) is 5.92 Å². The van der Waals surface area contributed by atoms with Crippen LogP contribution >= 0.6 is 0 Å². The van der Waals surface area contributed by atoms with Crippen LogP contribution in [0.25, 0.3) is 0 Å². The molecule has 0 aromatic heterocycles. The van der Waals surface area contributed by atoms with Crippen LogP contribution in [0.3, 0.4) is 0 Å². The number of carbonyl (C=O) groups is 1. The molecule has 0 amide bonds. The van der Waals surface area contributed by atoms with Crippen molar-refractivity contribution in [1.82, 2.24) is 4.90 Å². The van der Waals surface area contributed by atoms with Crippen molar-refractivity contribution in [2.45, 2.75) is 72.8 Å². The van der Waals surface area contributed by atoms with E-state index in [4.69, 9.17) is 5.11 Å². The highest BCUT2D eigenvalue weighted by molar-refractivity contribution is 5.69. The fraction of sp³-hybridized carbons (Fsp3) is 0.941. The molecule has 3 heteroatoms. The molecule has 0 bridgehead atoms. The van der Waals surface area contributed by atoms with Crippen LogP contribution in [-0.2, 0) is 4.79 Å². The largest absolute Gasteiger partial charge is 0.481 e. The van der Waals surface area contributed by atoms with Crippen LogP contribution in [0, 0.1) is 17.3 Å². The second-order valence-electron chi connectivity index (χ2n) is 7.55. The van der Waals surface area contributed by atoms with Gasteiger partial charge in [-0.3, -0.25) is 9.69 Å². The molecule has 20 heavy (non-hydrogen) atoms. The van der Waals surface area contributed by atoms with Crippen LogP contribution < -0.4 is 0 Å². The summed E-state index contributed by atoms with van der Waals surface area (Å²) in [6.07, 6.45) is 6.34. The van der Waals surface area contributed by atoms with Crippen molar-refractivity contribution >= 4 is 5.97 Å². The number of carboxylic acids is 1. The van der Waals surface area contributed by atoms with Crippen LogP contribution in [0.1, 0.15) is 66.7 Å². The summed E-state index contributed by atoms with van der Waals surface area (Å²) < 4.78 is 0. The van der Waals surface area contributed by atoms with Crippen LogP contribution in [-0.4, -0.2) is 35.1 Å². The molecule has 1 aliphatic rings. The second kappa shape index (κ2) is 7.44. The van der Waals surface area contributed by atoms with Gasteiger partial charge in [-0.25, -0.2) is 0 Å². The first kappa shape index (κ1) is 17.5. The van der Waals surface area contributed by atoms with Gasteiger partial charge in [0.2, 0.25) is 0 Å².